The van der Waals surface area contributed by atoms with Crippen molar-refractivity contribution in [3.63, 3.8) is 0 Å². The van der Waals surface area contributed by atoms with Crippen LogP contribution in [0.3, 0.4) is 0 Å². The first-order valence-electron chi connectivity index (χ1n) is 8.63. The first-order valence-corrected chi connectivity index (χ1v) is 8.63. The highest BCUT2D eigenvalue weighted by Crippen LogP contribution is 2.38. The molecule has 1 aliphatic heterocycles. The number of pyridine rings is 1. The summed E-state index contributed by atoms with van der Waals surface area (Å²) in [6, 6.07) is 8.75. The maximum absolute atomic E-state index is 12.5. The third-order valence-corrected chi connectivity index (χ3v) is 4.98. The highest BCUT2D eigenvalue weighted by Gasteiger charge is 2.27. The van der Waals surface area contributed by atoms with Crippen LogP contribution in [0, 0.1) is 6.92 Å². The minimum absolute atomic E-state index is 0.0781. The third kappa shape index (κ3) is 2.31. The molecule has 8 nitrogen and oxygen atoms in total. The van der Waals surface area contributed by atoms with Crippen LogP contribution in [0.25, 0.3) is 33.2 Å². The Kier molecular flexibility index (Phi) is 3.21. The summed E-state index contributed by atoms with van der Waals surface area (Å²) >= 11 is 0. The molecule has 0 saturated carbocycles. The number of aromatic carboxylic acids is 1. The van der Waals surface area contributed by atoms with Gasteiger partial charge in [0.2, 0.25) is 5.91 Å². The van der Waals surface area contributed by atoms with Gasteiger partial charge < -0.3 is 20.4 Å². The van der Waals surface area contributed by atoms with E-state index >= 15 is 0 Å². The van der Waals surface area contributed by atoms with Crippen LogP contribution in [0.15, 0.2) is 35.1 Å². The van der Waals surface area contributed by atoms with Crippen molar-refractivity contribution < 1.29 is 14.7 Å². The van der Waals surface area contributed by atoms with Gasteiger partial charge in [-0.3, -0.25) is 4.79 Å². The minimum atomic E-state index is -1.11. The van der Waals surface area contributed by atoms with E-state index < -0.39 is 5.97 Å². The first-order chi connectivity index (χ1) is 13.4. The summed E-state index contributed by atoms with van der Waals surface area (Å²) in [7, 11) is 0. The number of H-pyrrole nitrogens is 2. The monoisotopic (exact) mass is 374 g/mol. The van der Waals surface area contributed by atoms with E-state index in [-0.39, 0.29) is 23.6 Å². The van der Waals surface area contributed by atoms with E-state index in [0.29, 0.717) is 44.4 Å². The fourth-order valence-electron chi connectivity index (χ4n) is 3.79. The zero-order valence-corrected chi connectivity index (χ0v) is 14.7. The van der Waals surface area contributed by atoms with Crippen LogP contribution >= 0.6 is 0 Å². The Hall–Kier alpha value is -3.94. The van der Waals surface area contributed by atoms with E-state index in [0.717, 1.165) is 5.56 Å². The number of aryl methyl sites for hydroxylation is 1. The van der Waals surface area contributed by atoms with E-state index in [1.165, 1.54) is 0 Å². The molecule has 4 aromatic rings. The average Bonchev–Trinajstić information content (AvgIpc) is 2.92. The number of amides is 1. The van der Waals surface area contributed by atoms with Crippen molar-refractivity contribution in [3.05, 3.63) is 57.5 Å². The molecule has 0 radical (unpaired) electrons. The second-order valence-electron chi connectivity index (χ2n) is 6.89. The lowest BCUT2D eigenvalue weighted by atomic mass is 9.94. The van der Waals surface area contributed by atoms with Gasteiger partial charge in [0, 0.05) is 16.5 Å². The van der Waals surface area contributed by atoms with Crippen molar-refractivity contribution in [3.8, 4) is 11.3 Å². The normalized spacial score (nSPS) is 13.1. The smallest absolute Gasteiger partial charge is 0.336 e. The maximum atomic E-state index is 12.5. The predicted molar refractivity (Wildman–Crippen MR) is 104 cm³/mol. The van der Waals surface area contributed by atoms with Crippen LogP contribution in [0.2, 0.25) is 0 Å². The molecule has 0 aliphatic carbocycles. The zero-order chi connectivity index (χ0) is 19.6. The molecule has 28 heavy (non-hydrogen) atoms. The molecule has 0 saturated heterocycles. The Morgan fingerprint density at radius 3 is 2.61 bits per heavy atom. The molecule has 1 amide bonds. The number of aromatic amines is 2. The summed E-state index contributed by atoms with van der Waals surface area (Å²) in [5.74, 6) is -1.45. The summed E-state index contributed by atoms with van der Waals surface area (Å²) in [4.78, 5) is 46.3. The number of nitrogens with zero attached hydrogens (tertiary/aromatic N) is 1. The molecule has 3 heterocycles. The number of hydrogen-bond acceptors (Lipinski definition) is 4. The SMILES string of the molecule is Cc1ccc2nc3c(c(C(=O)O)c2c1)CC(=O)Nc1cc2[nH]c(=O)[nH]c2cc1-3. The van der Waals surface area contributed by atoms with Crippen molar-refractivity contribution in [2.45, 2.75) is 13.3 Å². The van der Waals surface area contributed by atoms with Gasteiger partial charge in [0.1, 0.15) is 0 Å². The van der Waals surface area contributed by atoms with Crippen LogP contribution in [-0.4, -0.2) is 31.9 Å². The van der Waals surface area contributed by atoms with Gasteiger partial charge in [0.15, 0.2) is 0 Å². The second kappa shape index (κ2) is 5.53. The summed E-state index contributed by atoms with van der Waals surface area (Å²) in [6.45, 7) is 1.87. The third-order valence-electron chi connectivity index (χ3n) is 4.98. The molecule has 5 rings (SSSR count). The number of nitrogens with one attached hydrogen (secondary N) is 3. The molecule has 2 aromatic heterocycles. The van der Waals surface area contributed by atoms with Crippen LogP contribution in [0.1, 0.15) is 21.5 Å². The van der Waals surface area contributed by atoms with Gasteiger partial charge in [-0.15, -0.1) is 0 Å². The molecule has 8 heteroatoms. The van der Waals surface area contributed by atoms with Crippen molar-refractivity contribution in [2.75, 3.05) is 5.32 Å². The van der Waals surface area contributed by atoms with E-state index in [2.05, 4.69) is 15.3 Å². The number of imidazole rings is 1. The number of carboxylic acids is 1. The zero-order valence-electron chi connectivity index (χ0n) is 14.7. The Bertz CT molecular complexity index is 1400. The highest BCUT2D eigenvalue weighted by molar-refractivity contribution is 6.11. The Labute approximate surface area is 157 Å². The molecule has 0 unspecified atom stereocenters. The summed E-state index contributed by atoms with van der Waals surface area (Å²) in [6.07, 6.45) is -0.104. The molecule has 0 fully saturated rings. The van der Waals surface area contributed by atoms with Gasteiger partial charge in [-0.05, 0) is 31.2 Å². The Morgan fingerprint density at radius 2 is 1.86 bits per heavy atom. The number of carbonyl (C=O) groups is 2. The van der Waals surface area contributed by atoms with Gasteiger partial charge >= 0.3 is 11.7 Å². The number of aromatic nitrogens is 3. The van der Waals surface area contributed by atoms with Gasteiger partial charge in [-0.2, -0.15) is 0 Å². The predicted octanol–water partition coefficient (Wildman–Crippen LogP) is 2.57. The van der Waals surface area contributed by atoms with Gasteiger partial charge in [-0.25, -0.2) is 14.6 Å². The van der Waals surface area contributed by atoms with E-state index in [9.17, 15) is 19.5 Å². The highest BCUT2D eigenvalue weighted by atomic mass is 16.4. The van der Waals surface area contributed by atoms with Crippen LogP contribution in [-0.2, 0) is 11.2 Å². The number of anilines is 1. The van der Waals surface area contributed by atoms with Crippen LogP contribution < -0.4 is 11.0 Å². The molecule has 0 bridgehead atoms. The number of carboxylic acid groups (broad SMARTS) is 1. The average molecular weight is 374 g/mol. The lowest BCUT2D eigenvalue weighted by molar-refractivity contribution is -0.115. The number of hydrogen-bond donors (Lipinski definition) is 4. The Balaban J connectivity index is 1.95. The first kappa shape index (κ1) is 16.2. The lowest BCUT2D eigenvalue weighted by Gasteiger charge is -2.13. The van der Waals surface area contributed by atoms with Crippen LogP contribution in [0.4, 0.5) is 5.69 Å². The van der Waals surface area contributed by atoms with Gasteiger partial charge in [-0.1, -0.05) is 11.6 Å². The molecule has 138 valence electrons. The Morgan fingerprint density at radius 1 is 1.11 bits per heavy atom. The summed E-state index contributed by atoms with van der Waals surface area (Å²) in [5.41, 5.74) is 4.06. The van der Waals surface area contributed by atoms with Crippen molar-refractivity contribution in [1.82, 2.24) is 15.0 Å². The standard InChI is InChI=1S/C20H14N4O4/c1-8-2-3-12-9(4-8)17(19(26)27)11-6-16(25)21-13-7-15-14(23-20(28)24-15)5-10(13)18(11)22-12/h2-5,7H,6H2,1H3,(H,21,25)(H,26,27)(H2,23,24,28). The van der Waals surface area contributed by atoms with Crippen LogP contribution in [0.5, 0.6) is 0 Å². The fourth-order valence-corrected chi connectivity index (χ4v) is 3.79. The number of fused-ring (bicyclic) bond motifs is 5. The molecule has 2 aromatic carbocycles. The minimum Gasteiger partial charge on any atom is -0.478 e. The van der Waals surface area contributed by atoms with Crippen molar-refractivity contribution in [2.24, 2.45) is 0 Å². The van der Waals surface area contributed by atoms with E-state index in [4.69, 9.17) is 4.98 Å². The fraction of sp³-hybridized carbons (Fsp3) is 0.100. The largest absolute Gasteiger partial charge is 0.478 e. The number of rotatable bonds is 1. The molecule has 1 aliphatic rings. The van der Waals surface area contributed by atoms with E-state index in [1.807, 2.05) is 13.0 Å². The second-order valence-corrected chi connectivity index (χ2v) is 6.89. The van der Waals surface area contributed by atoms with E-state index in [1.54, 1.807) is 24.3 Å². The quantitative estimate of drug-likeness (QED) is 0.407. The van der Waals surface area contributed by atoms with Gasteiger partial charge in [0.05, 0.1) is 39.9 Å². The number of benzene rings is 2. The van der Waals surface area contributed by atoms with Crippen molar-refractivity contribution >= 4 is 39.5 Å². The topological polar surface area (TPSA) is 128 Å². The maximum Gasteiger partial charge on any atom is 0.336 e. The van der Waals surface area contributed by atoms with Gasteiger partial charge in [0.25, 0.3) is 0 Å². The summed E-state index contributed by atoms with van der Waals surface area (Å²) < 4.78 is 0. The molecule has 0 spiro atoms. The van der Waals surface area contributed by atoms with Crippen molar-refractivity contribution in [1.29, 1.82) is 0 Å². The molecular weight excluding hydrogens is 360 g/mol. The molecule has 4 N–H and O–H groups in total. The summed E-state index contributed by atoms with van der Waals surface area (Å²) in [5, 5.41) is 13.2. The number of carbonyl (C=O) groups excluding carboxylic acids is 1. The lowest BCUT2D eigenvalue weighted by Crippen LogP contribution is -2.15. The molecular formula is C20H14N4O4. The molecule has 0 atom stereocenters.